The molecule has 22 heavy (non-hydrogen) atoms. The molecule has 1 N–H and O–H groups in total. The zero-order valence-corrected chi connectivity index (χ0v) is 14.4. The van der Waals surface area contributed by atoms with Gasteiger partial charge in [-0.05, 0) is 38.2 Å². The average molecular weight is 304 g/mol. The third-order valence-corrected chi connectivity index (χ3v) is 5.64. The van der Waals surface area contributed by atoms with E-state index in [2.05, 4.69) is 33.8 Å². The van der Waals surface area contributed by atoms with E-state index in [0.717, 1.165) is 36.1 Å². The molecule has 0 saturated carbocycles. The van der Waals surface area contributed by atoms with Crippen molar-refractivity contribution in [3.8, 4) is 0 Å². The summed E-state index contributed by atoms with van der Waals surface area (Å²) < 4.78 is 12.1. The van der Waals surface area contributed by atoms with Crippen LogP contribution in [0, 0.1) is 18.3 Å². The van der Waals surface area contributed by atoms with Crippen molar-refractivity contribution in [1.82, 2.24) is 0 Å². The zero-order valence-electron chi connectivity index (χ0n) is 14.4. The van der Waals surface area contributed by atoms with Crippen molar-refractivity contribution >= 4 is 0 Å². The molecule has 2 aliphatic rings. The molecule has 1 heterocycles. The van der Waals surface area contributed by atoms with Gasteiger partial charge in [-0.2, -0.15) is 0 Å². The van der Waals surface area contributed by atoms with Crippen molar-refractivity contribution in [3.05, 3.63) is 34.8 Å². The maximum absolute atomic E-state index is 11.2. The molecular weight excluding hydrogens is 276 g/mol. The molecular formula is C19H28O3. The molecule has 2 aliphatic carbocycles. The third kappa shape index (κ3) is 2.17. The molecule has 0 saturated heterocycles. The molecule has 0 unspecified atom stereocenters. The topological polar surface area (TPSA) is 42.6 Å². The SMILES string of the molecule is Cc1coc2c1[C@@H](OCC(C)C)[C@@]1(C)C(=CCC[C@@]1(C)O)C2. The lowest BCUT2D eigenvalue weighted by atomic mass is 9.56. The Morgan fingerprint density at radius 1 is 1.41 bits per heavy atom. The van der Waals surface area contributed by atoms with Gasteiger partial charge in [0.2, 0.25) is 0 Å². The third-order valence-electron chi connectivity index (χ3n) is 5.64. The number of hydrogen-bond acceptors (Lipinski definition) is 3. The van der Waals surface area contributed by atoms with Crippen LogP contribution in [0.1, 0.15) is 63.5 Å². The van der Waals surface area contributed by atoms with Crippen LogP contribution in [0.15, 0.2) is 22.3 Å². The fourth-order valence-corrected chi connectivity index (χ4v) is 4.05. The minimum atomic E-state index is -0.764. The maximum Gasteiger partial charge on any atom is 0.113 e. The predicted octanol–water partition coefficient (Wildman–Crippen LogP) is 4.34. The van der Waals surface area contributed by atoms with Gasteiger partial charge < -0.3 is 14.3 Å². The molecule has 3 rings (SSSR count). The Balaban J connectivity index is 2.12. The number of allylic oxidation sites excluding steroid dienone is 1. The number of aryl methyl sites for hydroxylation is 1. The summed E-state index contributed by atoms with van der Waals surface area (Å²) in [5, 5.41) is 11.2. The lowest BCUT2D eigenvalue weighted by Crippen LogP contribution is -2.53. The summed E-state index contributed by atoms with van der Waals surface area (Å²) in [6.45, 7) is 11.2. The van der Waals surface area contributed by atoms with Gasteiger partial charge in [-0.25, -0.2) is 0 Å². The van der Waals surface area contributed by atoms with Gasteiger partial charge in [-0.1, -0.05) is 32.4 Å². The van der Waals surface area contributed by atoms with E-state index in [9.17, 15) is 5.11 Å². The summed E-state index contributed by atoms with van der Waals surface area (Å²) in [4.78, 5) is 0. The lowest BCUT2D eigenvalue weighted by molar-refractivity contribution is -0.145. The molecule has 0 amide bonds. The molecule has 1 aromatic rings. The number of hydrogen-bond donors (Lipinski definition) is 1. The molecule has 1 aromatic heterocycles. The highest BCUT2D eigenvalue weighted by Crippen LogP contribution is 2.59. The molecule has 0 bridgehead atoms. The van der Waals surface area contributed by atoms with Gasteiger partial charge >= 0.3 is 0 Å². The van der Waals surface area contributed by atoms with Gasteiger partial charge in [-0.3, -0.25) is 0 Å². The Labute approximate surface area is 133 Å². The summed E-state index contributed by atoms with van der Waals surface area (Å²) in [7, 11) is 0. The predicted molar refractivity (Wildman–Crippen MR) is 86.7 cm³/mol. The van der Waals surface area contributed by atoms with Crippen LogP contribution in [0.5, 0.6) is 0 Å². The van der Waals surface area contributed by atoms with E-state index in [-0.39, 0.29) is 11.5 Å². The first-order valence-corrected chi connectivity index (χ1v) is 8.37. The molecule has 0 fully saturated rings. The zero-order chi connectivity index (χ0) is 16.1. The second-order valence-corrected chi connectivity index (χ2v) is 7.78. The van der Waals surface area contributed by atoms with Crippen LogP contribution in [-0.2, 0) is 11.2 Å². The van der Waals surface area contributed by atoms with Crippen LogP contribution >= 0.6 is 0 Å². The minimum absolute atomic E-state index is 0.140. The molecule has 122 valence electrons. The molecule has 3 nitrogen and oxygen atoms in total. The smallest absolute Gasteiger partial charge is 0.113 e. The van der Waals surface area contributed by atoms with Gasteiger partial charge in [-0.15, -0.1) is 0 Å². The summed E-state index contributed by atoms with van der Waals surface area (Å²) >= 11 is 0. The Kier molecular flexibility index (Phi) is 3.77. The van der Waals surface area contributed by atoms with Crippen LogP contribution in [0.25, 0.3) is 0 Å². The highest BCUT2D eigenvalue weighted by molar-refractivity contribution is 5.44. The highest BCUT2D eigenvalue weighted by atomic mass is 16.5. The van der Waals surface area contributed by atoms with Crippen molar-refractivity contribution in [2.75, 3.05) is 6.61 Å². The molecule has 3 atom stereocenters. The van der Waals surface area contributed by atoms with Crippen molar-refractivity contribution < 1.29 is 14.3 Å². The van der Waals surface area contributed by atoms with E-state index >= 15 is 0 Å². The fourth-order valence-electron chi connectivity index (χ4n) is 4.05. The van der Waals surface area contributed by atoms with E-state index in [1.54, 1.807) is 0 Å². The Bertz CT molecular complexity index is 594. The summed E-state index contributed by atoms with van der Waals surface area (Å²) in [6, 6.07) is 0. The number of aliphatic hydroxyl groups is 1. The largest absolute Gasteiger partial charge is 0.468 e. The maximum atomic E-state index is 11.2. The van der Waals surface area contributed by atoms with Crippen LogP contribution in [0.3, 0.4) is 0 Å². The normalized spacial score (nSPS) is 34.3. The summed E-state index contributed by atoms with van der Waals surface area (Å²) in [6.07, 6.45) is 6.46. The fraction of sp³-hybridized carbons (Fsp3) is 0.684. The monoisotopic (exact) mass is 304 g/mol. The second-order valence-electron chi connectivity index (χ2n) is 7.78. The van der Waals surface area contributed by atoms with Crippen molar-refractivity contribution in [3.63, 3.8) is 0 Å². The highest BCUT2D eigenvalue weighted by Gasteiger charge is 2.57. The number of furan rings is 1. The van der Waals surface area contributed by atoms with E-state index in [1.807, 2.05) is 13.2 Å². The average Bonchev–Trinajstić information content (AvgIpc) is 2.78. The molecule has 0 aliphatic heterocycles. The Hall–Kier alpha value is -1.06. The second kappa shape index (κ2) is 5.24. The van der Waals surface area contributed by atoms with E-state index in [1.165, 1.54) is 5.57 Å². The first kappa shape index (κ1) is 15.8. The number of ether oxygens (including phenoxy) is 1. The van der Waals surface area contributed by atoms with Crippen LogP contribution < -0.4 is 0 Å². The van der Waals surface area contributed by atoms with Gasteiger partial charge in [0, 0.05) is 24.0 Å². The lowest BCUT2D eigenvalue weighted by Gasteiger charge is -2.53. The number of rotatable bonds is 3. The van der Waals surface area contributed by atoms with Gasteiger partial charge in [0.15, 0.2) is 0 Å². The quantitative estimate of drug-likeness (QED) is 0.845. The summed E-state index contributed by atoms with van der Waals surface area (Å²) in [5.74, 6) is 1.47. The minimum Gasteiger partial charge on any atom is -0.468 e. The van der Waals surface area contributed by atoms with Crippen LogP contribution in [0.4, 0.5) is 0 Å². The van der Waals surface area contributed by atoms with E-state index in [0.29, 0.717) is 12.5 Å². The standard InChI is InChI=1S/C19H28O3/c1-12(2)10-22-17-16-13(3)11-21-15(16)9-14-7-6-8-18(4,20)19(14,17)5/h7,11-12,17,20H,6,8-10H2,1-5H3/t17-,18-,19-/m1/s1. The van der Waals surface area contributed by atoms with E-state index in [4.69, 9.17) is 9.15 Å². The van der Waals surface area contributed by atoms with Gasteiger partial charge in [0.1, 0.15) is 5.76 Å². The first-order chi connectivity index (χ1) is 10.3. The van der Waals surface area contributed by atoms with Crippen molar-refractivity contribution in [1.29, 1.82) is 0 Å². The van der Waals surface area contributed by atoms with Crippen LogP contribution in [-0.4, -0.2) is 17.3 Å². The molecule has 0 aromatic carbocycles. The molecule has 0 radical (unpaired) electrons. The Morgan fingerprint density at radius 2 is 2.14 bits per heavy atom. The molecule has 0 spiro atoms. The Morgan fingerprint density at radius 3 is 2.82 bits per heavy atom. The van der Waals surface area contributed by atoms with Crippen molar-refractivity contribution in [2.24, 2.45) is 11.3 Å². The van der Waals surface area contributed by atoms with Gasteiger partial charge in [0.05, 0.1) is 18.0 Å². The van der Waals surface area contributed by atoms with Crippen molar-refractivity contribution in [2.45, 2.75) is 65.6 Å². The molecule has 3 heteroatoms. The first-order valence-electron chi connectivity index (χ1n) is 8.37. The number of fused-ring (bicyclic) bond motifs is 2. The van der Waals surface area contributed by atoms with Gasteiger partial charge in [0.25, 0.3) is 0 Å². The van der Waals surface area contributed by atoms with Crippen LogP contribution in [0.2, 0.25) is 0 Å². The summed E-state index contributed by atoms with van der Waals surface area (Å²) in [5.41, 5.74) is 2.40. The van der Waals surface area contributed by atoms with E-state index < -0.39 is 5.60 Å².